The van der Waals surface area contributed by atoms with Crippen molar-refractivity contribution >= 4 is 17.7 Å². The van der Waals surface area contributed by atoms with Crippen molar-refractivity contribution in [3.8, 4) is 0 Å². The summed E-state index contributed by atoms with van der Waals surface area (Å²) in [6, 6.07) is 15.1. The maximum absolute atomic E-state index is 13.2. The number of ether oxygens (including phenoxy) is 3. The van der Waals surface area contributed by atoms with Crippen molar-refractivity contribution in [3.63, 3.8) is 0 Å². The number of rotatable bonds is 8. The second kappa shape index (κ2) is 9.61. The lowest BCUT2D eigenvalue weighted by atomic mass is 9.96. The van der Waals surface area contributed by atoms with Gasteiger partial charge in [-0.15, -0.1) is 0 Å². The second-order valence-corrected chi connectivity index (χ2v) is 6.73. The maximum atomic E-state index is 13.2. The fraction of sp³-hybridized carbons (Fsp3) is 0.318. The van der Waals surface area contributed by atoms with Crippen molar-refractivity contribution in [1.29, 1.82) is 0 Å². The van der Waals surface area contributed by atoms with E-state index < -0.39 is 29.5 Å². The summed E-state index contributed by atoms with van der Waals surface area (Å²) in [7, 11) is 0. The van der Waals surface area contributed by atoms with Gasteiger partial charge >= 0.3 is 17.7 Å². The van der Waals surface area contributed by atoms with E-state index in [-0.39, 0.29) is 18.9 Å². The molecule has 0 saturated heterocycles. The molecule has 0 unspecified atom stereocenters. The van der Waals surface area contributed by atoms with Gasteiger partial charge in [-0.2, -0.15) is 0 Å². The SMILES string of the molecule is CCOC(=O)[C@]1(O)O[C@@](C(=O)OCC)([C@H](N=[N+]=[N-])c2ccccc2)N=C1c1ccccc1. The van der Waals surface area contributed by atoms with Crippen LogP contribution in [0.15, 0.2) is 70.8 Å². The van der Waals surface area contributed by atoms with Crippen LogP contribution in [-0.4, -0.2) is 47.5 Å². The fourth-order valence-corrected chi connectivity index (χ4v) is 3.37. The van der Waals surface area contributed by atoms with E-state index in [0.717, 1.165) is 0 Å². The molecule has 1 N–H and O–H groups in total. The summed E-state index contributed by atoms with van der Waals surface area (Å²) in [5.41, 5.74) is 7.27. The van der Waals surface area contributed by atoms with Crippen molar-refractivity contribution < 1.29 is 28.9 Å². The van der Waals surface area contributed by atoms with Gasteiger partial charge in [0.15, 0.2) is 0 Å². The Bertz CT molecular complexity index is 1050. The minimum Gasteiger partial charge on any atom is -0.462 e. The highest BCUT2D eigenvalue weighted by Gasteiger charge is 2.64. The third-order valence-corrected chi connectivity index (χ3v) is 4.72. The molecule has 0 bridgehead atoms. The van der Waals surface area contributed by atoms with Gasteiger partial charge < -0.3 is 14.6 Å². The Hall–Kier alpha value is -3.72. The zero-order valence-electron chi connectivity index (χ0n) is 17.5. The van der Waals surface area contributed by atoms with Gasteiger partial charge in [-0.3, -0.25) is 4.74 Å². The molecule has 0 saturated carbocycles. The second-order valence-electron chi connectivity index (χ2n) is 6.73. The molecular weight excluding hydrogens is 416 g/mol. The van der Waals surface area contributed by atoms with Gasteiger partial charge in [-0.1, -0.05) is 65.8 Å². The molecule has 2 aromatic carbocycles. The lowest BCUT2D eigenvalue weighted by Gasteiger charge is -2.32. The van der Waals surface area contributed by atoms with Crippen LogP contribution < -0.4 is 0 Å². The van der Waals surface area contributed by atoms with Crippen molar-refractivity contribution in [3.05, 3.63) is 82.2 Å². The van der Waals surface area contributed by atoms with Gasteiger partial charge in [0, 0.05) is 10.5 Å². The zero-order chi connectivity index (χ0) is 23.2. The summed E-state index contributed by atoms with van der Waals surface area (Å²) in [5.74, 6) is -4.95. The van der Waals surface area contributed by atoms with Crippen LogP contribution in [0, 0.1) is 0 Å². The molecule has 0 aromatic heterocycles. The monoisotopic (exact) mass is 438 g/mol. The van der Waals surface area contributed by atoms with Crippen LogP contribution in [0.1, 0.15) is 31.0 Å². The van der Waals surface area contributed by atoms with Crippen LogP contribution in [0.3, 0.4) is 0 Å². The lowest BCUT2D eigenvalue weighted by Crippen LogP contribution is -2.53. The number of hydrogen-bond acceptors (Lipinski definition) is 8. The predicted octanol–water partition coefficient (Wildman–Crippen LogP) is 3.07. The Morgan fingerprint density at radius 1 is 1.06 bits per heavy atom. The molecule has 0 fully saturated rings. The summed E-state index contributed by atoms with van der Waals surface area (Å²) >= 11 is 0. The highest BCUT2D eigenvalue weighted by atomic mass is 16.7. The molecule has 1 aliphatic rings. The number of benzene rings is 2. The largest absolute Gasteiger partial charge is 0.462 e. The van der Waals surface area contributed by atoms with Gasteiger partial charge in [0.2, 0.25) is 0 Å². The summed E-state index contributed by atoms with van der Waals surface area (Å²) in [6.45, 7) is 3.03. The molecule has 0 amide bonds. The number of hydrogen-bond donors (Lipinski definition) is 1. The molecule has 3 rings (SSSR count). The third-order valence-electron chi connectivity index (χ3n) is 4.72. The average molecular weight is 438 g/mol. The van der Waals surface area contributed by atoms with Crippen LogP contribution in [0.5, 0.6) is 0 Å². The minimum atomic E-state index is -2.75. The lowest BCUT2D eigenvalue weighted by molar-refractivity contribution is -0.235. The Morgan fingerprint density at radius 2 is 1.62 bits per heavy atom. The molecule has 10 nitrogen and oxygen atoms in total. The number of nitrogens with zero attached hydrogens (tertiary/aromatic N) is 4. The first-order valence-corrected chi connectivity index (χ1v) is 9.94. The van der Waals surface area contributed by atoms with Crippen molar-refractivity contribution in [2.45, 2.75) is 31.4 Å². The number of esters is 2. The van der Waals surface area contributed by atoms with Crippen molar-refractivity contribution in [1.82, 2.24) is 0 Å². The van der Waals surface area contributed by atoms with E-state index in [1.165, 1.54) is 0 Å². The van der Waals surface area contributed by atoms with Gasteiger partial charge in [0.1, 0.15) is 11.8 Å². The summed E-state index contributed by atoms with van der Waals surface area (Å²) in [5, 5.41) is 15.1. The number of aliphatic imine (C=N–C) groups is 1. The van der Waals surface area contributed by atoms with Crippen molar-refractivity contribution in [2.75, 3.05) is 13.2 Å². The standard InChI is InChI=1S/C22H22N4O6/c1-3-30-19(27)21(17(25-26-23)15-11-7-5-8-12-15)24-18(16-13-9-6-10-14-16)22(29,32-21)20(28)31-4-2/h5-14,17,29H,3-4H2,1-2H3/t17-,21-,22-/m1/s1. The summed E-state index contributed by atoms with van der Waals surface area (Å²) in [6.07, 6.45) is 0. The summed E-state index contributed by atoms with van der Waals surface area (Å²) < 4.78 is 15.9. The molecule has 0 radical (unpaired) electrons. The Morgan fingerprint density at radius 3 is 2.19 bits per heavy atom. The van der Waals surface area contributed by atoms with Crippen LogP contribution in [0.25, 0.3) is 10.4 Å². The van der Waals surface area contributed by atoms with E-state index in [1.807, 2.05) is 0 Å². The zero-order valence-corrected chi connectivity index (χ0v) is 17.5. The molecular formula is C22H22N4O6. The molecule has 3 atom stereocenters. The Balaban J connectivity index is 2.29. The van der Waals surface area contributed by atoms with E-state index in [9.17, 15) is 20.2 Å². The number of aliphatic hydroxyl groups is 1. The van der Waals surface area contributed by atoms with E-state index in [2.05, 4.69) is 15.0 Å². The van der Waals surface area contributed by atoms with Gasteiger partial charge in [0.25, 0.3) is 5.72 Å². The normalized spacial score (nSPS) is 22.9. The maximum Gasteiger partial charge on any atom is 0.373 e. The van der Waals surface area contributed by atoms with Crippen LogP contribution in [0.4, 0.5) is 0 Å². The molecule has 32 heavy (non-hydrogen) atoms. The summed E-state index contributed by atoms with van der Waals surface area (Å²) in [4.78, 5) is 33.2. The fourth-order valence-electron chi connectivity index (χ4n) is 3.37. The van der Waals surface area contributed by atoms with Crippen LogP contribution >= 0.6 is 0 Å². The number of carbonyl (C=O) groups is 2. The Labute approximate surface area is 184 Å². The van der Waals surface area contributed by atoms with E-state index >= 15 is 0 Å². The Kier molecular flexibility index (Phi) is 6.89. The smallest absolute Gasteiger partial charge is 0.373 e. The van der Waals surface area contributed by atoms with Crippen molar-refractivity contribution in [2.24, 2.45) is 10.1 Å². The molecule has 1 aliphatic heterocycles. The first-order chi connectivity index (χ1) is 15.4. The minimum absolute atomic E-state index is 0.0459. The first kappa shape index (κ1) is 23.0. The third kappa shape index (κ3) is 4.06. The van der Waals surface area contributed by atoms with Gasteiger partial charge in [0.05, 0.1) is 13.2 Å². The van der Waals surface area contributed by atoms with Crippen LogP contribution in [0.2, 0.25) is 0 Å². The average Bonchev–Trinajstić information content (AvgIpc) is 3.14. The number of carbonyl (C=O) groups excluding carboxylic acids is 2. The van der Waals surface area contributed by atoms with Crippen LogP contribution in [-0.2, 0) is 23.8 Å². The molecule has 2 aromatic rings. The first-order valence-electron chi connectivity index (χ1n) is 9.94. The highest BCUT2D eigenvalue weighted by molar-refractivity contribution is 6.19. The molecule has 0 spiro atoms. The van der Waals surface area contributed by atoms with Gasteiger partial charge in [-0.25, -0.2) is 14.6 Å². The quantitative estimate of drug-likeness (QED) is 0.290. The predicted molar refractivity (Wildman–Crippen MR) is 113 cm³/mol. The molecule has 166 valence electrons. The molecule has 1 heterocycles. The van der Waals surface area contributed by atoms with E-state index in [0.29, 0.717) is 11.1 Å². The highest BCUT2D eigenvalue weighted by Crippen LogP contribution is 2.44. The topological polar surface area (TPSA) is 143 Å². The van der Waals surface area contributed by atoms with E-state index in [1.54, 1.807) is 74.5 Å². The molecule has 0 aliphatic carbocycles. The van der Waals surface area contributed by atoms with Gasteiger partial charge in [-0.05, 0) is 24.9 Å². The van der Waals surface area contributed by atoms with E-state index in [4.69, 9.17) is 14.2 Å². The molecule has 10 heteroatoms. The number of azide groups is 1.